The van der Waals surface area contributed by atoms with Gasteiger partial charge in [-0.1, -0.05) is 23.2 Å². The van der Waals surface area contributed by atoms with Crippen molar-refractivity contribution in [2.45, 2.75) is 37.8 Å². The number of carbonyl (C=O) groups is 3. The second-order valence-electron chi connectivity index (χ2n) is 7.97. The second-order valence-corrected chi connectivity index (χ2v) is 8.84. The lowest BCUT2D eigenvalue weighted by Crippen LogP contribution is -2.56. The summed E-state index contributed by atoms with van der Waals surface area (Å²) >= 11 is 12.1. The number of benzene rings is 1. The molecule has 2 unspecified atom stereocenters. The van der Waals surface area contributed by atoms with Gasteiger partial charge < -0.3 is 19.4 Å². The third-order valence-electron chi connectivity index (χ3n) is 6.02. The van der Waals surface area contributed by atoms with Crippen LogP contribution in [0, 0.1) is 0 Å². The van der Waals surface area contributed by atoms with Crippen LogP contribution in [0.15, 0.2) is 18.2 Å². The molecule has 3 heterocycles. The molecule has 0 N–H and O–H groups in total. The number of piperazine rings is 1. The first-order valence-corrected chi connectivity index (χ1v) is 11.2. The lowest BCUT2D eigenvalue weighted by molar-refractivity contribution is -0.147. The molecule has 3 aliphatic rings. The van der Waals surface area contributed by atoms with Gasteiger partial charge in [-0.3, -0.25) is 14.4 Å². The first kappa shape index (κ1) is 21.4. The summed E-state index contributed by atoms with van der Waals surface area (Å²) in [5, 5.41) is 0.778. The van der Waals surface area contributed by atoms with Crippen molar-refractivity contribution in [3.05, 3.63) is 33.8 Å². The molecule has 3 amide bonds. The van der Waals surface area contributed by atoms with Crippen LogP contribution >= 0.6 is 23.2 Å². The highest BCUT2D eigenvalue weighted by Crippen LogP contribution is 2.26. The Balaban J connectivity index is 1.38. The molecule has 3 fully saturated rings. The fourth-order valence-corrected chi connectivity index (χ4v) is 4.97. The van der Waals surface area contributed by atoms with Crippen LogP contribution in [0.25, 0.3) is 0 Å². The van der Waals surface area contributed by atoms with E-state index in [2.05, 4.69) is 0 Å². The quantitative estimate of drug-likeness (QED) is 0.704. The predicted octanol–water partition coefficient (Wildman–Crippen LogP) is 2.45. The molecule has 0 spiro atoms. The van der Waals surface area contributed by atoms with Crippen molar-refractivity contribution in [2.24, 2.45) is 0 Å². The SMILES string of the molecule is O=C(C1CCCO1)N1CCN(C(=O)C2CCCN2C(=O)c2cc(Cl)cc(Cl)c2)CC1. The Bertz CT molecular complexity index is 815. The van der Waals surface area contributed by atoms with E-state index in [0.29, 0.717) is 61.4 Å². The van der Waals surface area contributed by atoms with Crippen LogP contribution in [0.2, 0.25) is 10.0 Å². The van der Waals surface area contributed by atoms with Gasteiger partial charge in [0.2, 0.25) is 5.91 Å². The Labute approximate surface area is 185 Å². The van der Waals surface area contributed by atoms with Crippen molar-refractivity contribution < 1.29 is 19.1 Å². The molecule has 0 aliphatic carbocycles. The third kappa shape index (κ3) is 4.43. The van der Waals surface area contributed by atoms with Crippen molar-refractivity contribution in [1.29, 1.82) is 0 Å². The summed E-state index contributed by atoms with van der Waals surface area (Å²) in [5.41, 5.74) is 0.388. The molecule has 7 nitrogen and oxygen atoms in total. The van der Waals surface area contributed by atoms with Gasteiger partial charge in [-0.05, 0) is 43.9 Å². The zero-order chi connectivity index (χ0) is 21.3. The monoisotopic (exact) mass is 453 g/mol. The van der Waals surface area contributed by atoms with Crippen LogP contribution in [0.4, 0.5) is 0 Å². The number of ether oxygens (including phenoxy) is 1. The Kier molecular flexibility index (Phi) is 6.51. The van der Waals surface area contributed by atoms with Crippen LogP contribution in [-0.2, 0) is 14.3 Å². The minimum absolute atomic E-state index is 0.0232. The van der Waals surface area contributed by atoms with E-state index in [-0.39, 0.29) is 23.8 Å². The maximum absolute atomic E-state index is 13.2. The highest BCUT2D eigenvalue weighted by atomic mass is 35.5. The van der Waals surface area contributed by atoms with Gasteiger partial charge in [0.05, 0.1) is 0 Å². The van der Waals surface area contributed by atoms with Crippen molar-refractivity contribution in [3.63, 3.8) is 0 Å². The van der Waals surface area contributed by atoms with Crippen molar-refractivity contribution in [3.8, 4) is 0 Å². The van der Waals surface area contributed by atoms with Gasteiger partial charge in [0.15, 0.2) is 0 Å². The lowest BCUT2D eigenvalue weighted by Gasteiger charge is -2.38. The van der Waals surface area contributed by atoms with Gasteiger partial charge in [-0.25, -0.2) is 0 Å². The zero-order valence-electron chi connectivity index (χ0n) is 16.7. The first-order chi connectivity index (χ1) is 14.4. The Morgan fingerprint density at radius 3 is 2.07 bits per heavy atom. The van der Waals surface area contributed by atoms with E-state index in [1.165, 1.54) is 0 Å². The molecule has 2 atom stereocenters. The standard InChI is InChI=1S/C21H25Cl2N3O4/c22-15-11-14(12-16(23)13-15)19(27)26-5-1-3-17(26)20(28)24-6-8-25(9-7-24)21(29)18-4-2-10-30-18/h11-13,17-18H,1-10H2. The van der Waals surface area contributed by atoms with Gasteiger partial charge >= 0.3 is 0 Å². The van der Waals surface area contributed by atoms with E-state index >= 15 is 0 Å². The summed E-state index contributed by atoms with van der Waals surface area (Å²) in [5.74, 6) is -0.268. The van der Waals surface area contributed by atoms with Crippen molar-refractivity contribution in [2.75, 3.05) is 39.3 Å². The van der Waals surface area contributed by atoms with E-state index in [4.69, 9.17) is 27.9 Å². The van der Waals surface area contributed by atoms with Gasteiger partial charge in [0.1, 0.15) is 12.1 Å². The predicted molar refractivity (Wildman–Crippen MR) is 113 cm³/mol. The number of hydrogen-bond donors (Lipinski definition) is 0. The van der Waals surface area contributed by atoms with Gasteiger partial charge in [0, 0.05) is 54.9 Å². The molecule has 0 radical (unpaired) electrons. The van der Waals surface area contributed by atoms with E-state index in [1.54, 1.807) is 32.9 Å². The van der Waals surface area contributed by atoms with Crippen LogP contribution < -0.4 is 0 Å². The second kappa shape index (κ2) is 9.12. The number of hydrogen-bond acceptors (Lipinski definition) is 4. The number of nitrogens with zero attached hydrogens (tertiary/aromatic N) is 3. The van der Waals surface area contributed by atoms with E-state index in [9.17, 15) is 14.4 Å². The number of rotatable bonds is 3. The molecule has 0 saturated carbocycles. The van der Waals surface area contributed by atoms with Crippen LogP contribution in [0.5, 0.6) is 0 Å². The number of likely N-dealkylation sites (tertiary alicyclic amines) is 1. The van der Waals surface area contributed by atoms with Crippen LogP contribution in [-0.4, -0.2) is 83.9 Å². The van der Waals surface area contributed by atoms with Gasteiger partial charge in [-0.2, -0.15) is 0 Å². The maximum atomic E-state index is 13.2. The fourth-order valence-electron chi connectivity index (χ4n) is 4.44. The van der Waals surface area contributed by atoms with Crippen molar-refractivity contribution in [1.82, 2.24) is 14.7 Å². The summed E-state index contributed by atoms with van der Waals surface area (Å²) < 4.78 is 5.49. The van der Waals surface area contributed by atoms with Gasteiger partial charge in [-0.15, -0.1) is 0 Å². The molecule has 3 saturated heterocycles. The summed E-state index contributed by atoms with van der Waals surface area (Å²) in [7, 11) is 0. The Morgan fingerprint density at radius 1 is 0.833 bits per heavy atom. The molecule has 3 aliphatic heterocycles. The summed E-state index contributed by atoms with van der Waals surface area (Å²) in [6.07, 6.45) is 2.75. The molecule has 1 aromatic carbocycles. The van der Waals surface area contributed by atoms with Crippen molar-refractivity contribution >= 4 is 40.9 Å². The minimum atomic E-state index is -0.490. The minimum Gasteiger partial charge on any atom is -0.368 e. The molecular weight excluding hydrogens is 429 g/mol. The number of halogens is 2. The summed E-state index contributed by atoms with van der Waals surface area (Å²) in [6.45, 7) is 3.09. The van der Waals surface area contributed by atoms with E-state index in [0.717, 1.165) is 19.3 Å². The Morgan fingerprint density at radius 2 is 1.47 bits per heavy atom. The maximum Gasteiger partial charge on any atom is 0.254 e. The average Bonchev–Trinajstić information content (AvgIpc) is 3.43. The molecule has 9 heteroatoms. The molecule has 4 rings (SSSR count). The highest BCUT2D eigenvalue weighted by molar-refractivity contribution is 6.35. The molecular formula is C21H25Cl2N3O4. The van der Waals surface area contributed by atoms with E-state index < -0.39 is 6.04 Å². The summed E-state index contributed by atoms with van der Waals surface area (Å²) in [6, 6.07) is 4.23. The number of carbonyl (C=O) groups excluding carboxylic acids is 3. The topological polar surface area (TPSA) is 70.2 Å². The third-order valence-corrected chi connectivity index (χ3v) is 6.45. The van der Waals surface area contributed by atoms with E-state index in [1.807, 2.05) is 0 Å². The normalized spacial score (nSPS) is 24.4. The van der Waals surface area contributed by atoms with Crippen LogP contribution in [0.3, 0.4) is 0 Å². The molecule has 0 aromatic heterocycles. The Hall–Kier alpha value is -1.83. The zero-order valence-corrected chi connectivity index (χ0v) is 18.2. The average molecular weight is 454 g/mol. The fraction of sp³-hybridized carbons (Fsp3) is 0.571. The molecule has 0 bridgehead atoms. The first-order valence-electron chi connectivity index (χ1n) is 10.4. The number of amides is 3. The van der Waals surface area contributed by atoms with Crippen LogP contribution in [0.1, 0.15) is 36.0 Å². The molecule has 30 heavy (non-hydrogen) atoms. The van der Waals surface area contributed by atoms with Gasteiger partial charge in [0.25, 0.3) is 11.8 Å². The highest BCUT2D eigenvalue weighted by Gasteiger charge is 2.39. The molecule has 1 aromatic rings. The molecule has 162 valence electrons. The smallest absolute Gasteiger partial charge is 0.254 e. The lowest BCUT2D eigenvalue weighted by atomic mass is 10.1. The summed E-state index contributed by atoms with van der Waals surface area (Å²) in [4.78, 5) is 43.8. The largest absolute Gasteiger partial charge is 0.368 e.